The van der Waals surface area contributed by atoms with Gasteiger partial charge < -0.3 is 29.2 Å². The number of anilines is 1. The van der Waals surface area contributed by atoms with E-state index in [-0.39, 0.29) is 12.0 Å². The number of hydrogen-bond acceptors (Lipinski definition) is 8. The van der Waals surface area contributed by atoms with Crippen LogP contribution in [-0.4, -0.2) is 72.8 Å². The lowest BCUT2D eigenvalue weighted by Gasteiger charge is -2.31. The van der Waals surface area contributed by atoms with Crippen molar-refractivity contribution in [3.05, 3.63) is 108 Å². The highest BCUT2D eigenvalue weighted by Crippen LogP contribution is 2.25. The zero-order valence-corrected chi connectivity index (χ0v) is 25.7. The Hall–Kier alpha value is -4.93. The van der Waals surface area contributed by atoms with Crippen LogP contribution in [0.25, 0.3) is 0 Å². The van der Waals surface area contributed by atoms with Crippen LogP contribution in [0, 0.1) is 5.92 Å². The topological polar surface area (TPSA) is 102 Å². The number of morpholine rings is 1. The van der Waals surface area contributed by atoms with Crippen molar-refractivity contribution in [3.63, 3.8) is 0 Å². The third-order valence-corrected chi connectivity index (χ3v) is 8.09. The van der Waals surface area contributed by atoms with Gasteiger partial charge in [0.25, 0.3) is 5.91 Å². The smallest absolute Gasteiger partial charge is 0.415 e. The van der Waals surface area contributed by atoms with Crippen LogP contribution in [0.5, 0.6) is 23.1 Å². The van der Waals surface area contributed by atoms with Crippen molar-refractivity contribution in [1.82, 2.24) is 14.8 Å². The molecular weight excluding hydrogens is 584 g/mol. The summed E-state index contributed by atoms with van der Waals surface area (Å²) in [6.07, 6.45) is 2.97. The number of hydrogen-bond donors (Lipinski definition) is 1. The predicted octanol–water partition coefficient (Wildman–Crippen LogP) is 6.25. The Morgan fingerprint density at radius 1 is 0.804 bits per heavy atom. The maximum atomic E-state index is 12.8. The quantitative estimate of drug-likeness (QED) is 0.222. The Bertz CT molecular complexity index is 1550. The fourth-order valence-corrected chi connectivity index (χ4v) is 5.38. The van der Waals surface area contributed by atoms with Gasteiger partial charge in [0, 0.05) is 56.2 Å². The van der Waals surface area contributed by atoms with Gasteiger partial charge in [0.05, 0.1) is 19.8 Å². The van der Waals surface area contributed by atoms with E-state index in [2.05, 4.69) is 15.2 Å². The summed E-state index contributed by atoms with van der Waals surface area (Å²) in [5, 5.41) is 2.91. The number of piperidine rings is 1. The van der Waals surface area contributed by atoms with Crippen molar-refractivity contribution in [2.24, 2.45) is 5.92 Å². The van der Waals surface area contributed by atoms with E-state index in [1.54, 1.807) is 41.4 Å². The second kappa shape index (κ2) is 15.4. The van der Waals surface area contributed by atoms with E-state index < -0.39 is 0 Å². The Morgan fingerprint density at radius 2 is 1.50 bits per heavy atom. The number of nitrogens with zero attached hydrogens (tertiary/aromatic N) is 3. The predicted molar refractivity (Wildman–Crippen MR) is 174 cm³/mol. The molecule has 0 aliphatic carbocycles. The van der Waals surface area contributed by atoms with Gasteiger partial charge in [0.2, 0.25) is 5.88 Å². The molecule has 0 saturated carbocycles. The molecule has 10 heteroatoms. The first kappa shape index (κ1) is 31.1. The molecule has 46 heavy (non-hydrogen) atoms. The molecule has 3 aromatic carbocycles. The molecule has 238 valence electrons. The van der Waals surface area contributed by atoms with Crippen molar-refractivity contribution in [2.75, 3.05) is 51.3 Å². The lowest BCUT2D eigenvalue weighted by atomic mass is 9.98. The Labute approximate surface area is 268 Å². The summed E-state index contributed by atoms with van der Waals surface area (Å²) in [5.41, 5.74) is 2.37. The molecule has 3 heterocycles. The molecular formula is C36H38N4O6. The van der Waals surface area contributed by atoms with Gasteiger partial charge in [-0.15, -0.1) is 0 Å². The fraction of sp³-hybridized carbons (Fsp3) is 0.306. The summed E-state index contributed by atoms with van der Waals surface area (Å²) in [6.45, 7) is 5.98. The van der Waals surface area contributed by atoms with E-state index in [1.165, 1.54) is 0 Å². The highest BCUT2D eigenvalue weighted by molar-refractivity contribution is 6.04. The molecule has 10 nitrogen and oxygen atoms in total. The Morgan fingerprint density at radius 3 is 2.20 bits per heavy atom. The third-order valence-electron chi connectivity index (χ3n) is 8.09. The van der Waals surface area contributed by atoms with Crippen molar-refractivity contribution in [1.29, 1.82) is 0 Å². The first-order valence-corrected chi connectivity index (χ1v) is 15.7. The molecule has 2 saturated heterocycles. The minimum atomic E-state index is -0.378. The van der Waals surface area contributed by atoms with Crippen LogP contribution in [0.4, 0.5) is 10.5 Å². The van der Waals surface area contributed by atoms with Crippen LogP contribution in [0.1, 0.15) is 28.8 Å². The fourth-order valence-electron chi connectivity index (χ4n) is 5.38. The van der Waals surface area contributed by atoms with Gasteiger partial charge in [-0.2, -0.15) is 0 Å². The van der Waals surface area contributed by atoms with Crippen molar-refractivity contribution in [2.45, 2.75) is 19.4 Å². The zero-order valence-electron chi connectivity index (χ0n) is 25.7. The standard InChI is InChI=1S/C36H38N4O6/c41-35(29-6-4-27(5-7-29)25-39-21-23-43-24-22-39)38-30-8-10-33(11-9-30)46-36(42)40-19-16-28(17-20-40)26-44-31-12-14-32(15-13-31)45-34-3-1-2-18-37-34/h1-15,18,28H,16-17,19-26H2,(H,38,41). The van der Waals surface area contributed by atoms with Crippen LogP contribution in [0.2, 0.25) is 0 Å². The lowest BCUT2D eigenvalue weighted by Crippen LogP contribution is -2.41. The second-order valence-corrected chi connectivity index (χ2v) is 11.4. The molecule has 0 radical (unpaired) electrons. The van der Waals surface area contributed by atoms with Crippen LogP contribution in [-0.2, 0) is 11.3 Å². The molecule has 0 spiro atoms. The van der Waals surface area contributed by atoms with Crippen molar-refractivity contribution < 1.29 is 28.5 Å². The second-order valence-electron chi connectivity index (χ2n) is 11.4. The average molecular weight is 623 g/mol. The summed E-state index contributed by atoms with van der Waals surface area (Å²) in [4.78, 5) is 33.8. The number of benzene rings is 3. The summed E-state index contributed by atoms with van der Waals surface area (Å²) in [7, 11) is 0. The number of pyridine rings is 1. The van der Waals surface area contributed by atoms with Gasteiger partial charge in [0.1, 0.15) is 17.2 Å². The highest BCUT2D eigenvalue weighted by atomic mass is 16.6. The largest absolute Gasteiger partial charge is 0.493 e. The van der Waals surface area contributed by atoms with E-state index >= 15 is 0 Å². The monoisotopic (exact) mass is 622 g/mol. The minimum absolute atomic E-state index is 0.193. The molecule has 1 N–H and O–H groups in total. The number of carbonyl (C=O) groups excluding carboxylic acids is 2. The molecule has 2 fully saturated rings. The van der Waals surface area contributed by atoms with Gasteiger partial charge in [0.15, 0.2) is 0 Å². The van der Waals surface area contributed by atoms with Crippen LogP contribution >= 0.6 is 0 Å². The minimum Gasteiger partial charge on any atom is -0.493 e. The SMILES string of the molecule is O=C(Nc1ccc(OC(=O)N2CCC(COc3ccc(Oc4ccccn4)cc3)CC2)cc1)c1ccc(CN2CCOCC2)cc1. The van der Waals surface area contributed by atoms with Gasteiger partial charge >= 0.3 is 6.09 Å². The van der Waals surface area contributed by atoms with E-state index in [1.807, 2.05) is 60.7 Å². The van der Waals surface area contributed by atoms with Gasteiger partial charge in [-0.05, 0) is 91.1 Å². The molecule has 2 aliphatic rings. The number of likely N-dealkylation sites (tertiary alicyclic amines) is 1. The summed E-state index contributed by atoms with van der Waals surface area (Å²) < 4.78 is 22.7. The third kappa shape index (κ3) is 8.83. The highest BCUT2D eigenvalue weighted by Gasteiger charge is 2.25. The Kier molecular flexibility index (Phi) is 10.4. The number of carbonyl (C=O) groups is 2. The van der Waals surface area contributed by atoms with Crippen molar-refractivity contribution >= 4 is 17.7 Å². The van der Waals surface area contributed by atoms with E-state index in [4.69, 9.17) is 18.9 Å². The maximum absolute atomic E-state index is 12.8. The van der Waals surface area contributed by atoms with Crippen LogP contribution in [0.15, 0.2) is 97.2 Å². The number of ether oxygens (including phenoxy) is 4. The molecule has 4 aromatic rings. The number of aromatic nitrogens is 1. The summed E-state index contributed by atoms with van der Waals surface area (Å²) in [5.74, 6) is 2.58. The summed E-state index contributed by atoms with van der Waals surface area (Å²) in [6, 6.07) is 27.5. The average Bonchev–Trinajstić information content (AvgIpc) is 3.10. The van der Waals surface area contributed by atoms with E-state index in [0.717, 1.165) is 57.0 Å². The van der Waals surface area contributed by atoms with Crippen LogP contribution < -0.4 is 19.5 Å². The molecule has 2 amide bonds. The number of rotatable bonds is 10. The first-order valence-electron chi connectivity index (χ1n) is 15.7. The molecule has 6 rings (SSSR count). The first-order chi connectivity index (χ1) is 22.6. The number of nitrogens with one attached hydrogen (secondary N) is 1. The lowest BCUT2D eigenvalue weighted by molar-refractivity contribution is 0.0342. The van der Waals surface area contributed by atoms with Crippen molar-refractivity contribution in [3.8, 4) is 23.1 Å². The van der Waals surface area contributed by atoms with Gasteiger partial charge in [-0.3, -0.25) is 9.69 Å². The van der Waals surface area contributed by atoms with E-state index in [9.17, 15) is 9.59 Å². The molecule has 0 bridgehead atoms. The molecule has 0 atom stereocenters. The van der Waals surface area contributed by atoms with Gasteiger partial charge in [-0.25, -0.2) is 9.78 Å². The number of amides is 2. The molecule has 2 aliphatic heterocycles. The summed E-state index contributed by atoms with van der Waals surface area (Å²) >= 11 is 0. The van der Waals surface area contributed by atoms with E-state index in [0.29, 0.717) is 54.2 Å². The Balaban J connectivity index is 0.898. The van der Waals surface area contributed by atoms with Crippen LogP contribution in [0.3, 0.4) is 0 Å². The zero-order chi connectivity index (χ0) is 31.6. The maximum Gasteiger partial charge on any atom is 0.415 e. The van der Waals surface area contributed by atoms with Gasteiger partial charge in [-0.1, -0.05) is 18.2 Å². The normalized spacial score (nSPS) is 15.6. The molecule has 1 aromatic heterocycles. The molecule has 0 unspecified atom stereocenters.